The molecule has 1 aromatic rings. The summed E-state index contributed by atoms with van der Waals surface area (Å²) < 4.78 is 42.4. The van der Waals surface area contributed by atoms with Gasteiger partial charge in [0.15, 0.2) is 0 Å². The van der Waals surface area contributed by atoms with Crippen molar-refractivity contribution < 1.29 is 17.4 Å². The van der Waals surface area contributed by atoms with Gasteiger partial charge >= 0.3 is 9.24 Å². The van der Waals surface area contributed by atoms with Crippen LogP contribution in [0.3, 0.4) is 0 Å². The molecule has 0 spiro atoms. The van der Waals surface area contributed by atoms with E-state index in [1.807, 2.05) is 0 Å². The Hall–Kier alpha value is -0.790. The topological polar surface area (TPSA) is 72.8 Å². The fourth-order valence-electron chi connectivity index (χ4n) is 1.21. The lowest BCUT2D eigenvalue weighted by molar-refractivity contribution is 0.413. The van der Waals surface area contributed by atoms with Crippen molar-refractivity contribution in [3.8, 4) is 5.75 Å². The molecule has 96 valence electrons. The van der Waals surface area contributed by atoms with Gasteiger partial charge < -0.3 is 4.74 Å². The zero-order valence-corrected chi connectivity index (χ0v) is 11.7. The summed E-state index contributed by atoms with van der Waals surface area (Å²) in [5.41, 5.74) is 0. The molecule has 0 radical (unpaired) electrons. The number of hydrogen-bond acceptors (Lipinski definition) is 4. The van der Waals surface area contributed by atoms with Crippen molar-refractivity contribution in [2.75, 3.05) is 12.9 Å². The maximum Gasteiger partial charge on any atom is 0.347 e. The summed E-state index contributed by atoms with van der Waals surface area (Å²) in [6, 6.07) is 6.28. The minimum absolute atomic E-state index is 0.0477. The van der Waals surface area contributed by atoms with Crippen LogP contribution in [0.25, 0.3) is 0 Å². The minimum atomic E-state index is -4.18. The molecule has 1 atom stereocenters. The van der Waals surface area contributed by atoms with Crippen LogP contribution in [-0.2, 0) is 19.0 Å². The van der Waals surface area contributed by atoms with Gasteiger partial charge in [0.05, 0.1) is 21.7 Å². The van der Waals surface area contributed by atoms with Crippen molar-refractivity contribution in [1.29, 1.82) is 0 Å². The third-order valence-corrected chi connectivity index (χ3v) is 5.97. The van der Waals surface area contributed by atoms with Gasteiger partial charge in [-0.1, -0.05) is 16.8 Å². The van der Waals surface area contributed by atoms with Crippen molar-refractivity contribution in [3.05, 3.63) is 24.3 Å². The molecule has 0 N–H and O–H groups in total. The molecule has 0 saturated heterocycles. The summed E-state index contributed by atoms with van der Waals surface area (Å²) in [4.78, 5) is 0.281. The van der Waals surface area contributed by atoms with Crippen molar-refractivity contribution in [2.45, 2.75) is 11.8 Å². The SMILES string of the molecule is CC[S@](=O)(=NS(=O)(=O)Cl)c1cccc(OC)c1. The quantitative estimate of drug-likeness (QED) is 0.797. The van der Waals surface area contributed by atoms with Gasteiger partial charge in [-0.15, -0.1) is 0 Å². The van der Waals surface area contributed by atoms with Gasteiger partial charge in [-0.25, -0.2) is 4.21 Å². The van der Waals surface area contributed by atoms with E-state index >= 15 is 0 Å². The number of methoxy groups -OCH3 is 1. The summed E-state index contributed by atoms with van der Waals surface area (Å²) in [6.07, 6.45) is 0. The molecule has 5 nitrogen and oxygen atoms in total. The number of hydrogen-bond donors (Lipinski definition) is 0. The highest BCUT2D eigenvalue weighted by Crippen LogP contribution is 2.21. The summed E-state index contributed by atoms with van der Waals surface area (Å²) in [5, 5.41) is 0. The Morgan fingerprint density at radius 1 is 1.35 bits per heavy atom. The lowest BCUT2D eigenvalue weighted by atomic mass is 10.3. The van der Waals surface area contributed by atoms with Gasteiger partial charge in [0.25, 0.3) is 0 Å². The summed E-state index contributed by atoms with van der Waals surface area (Å²) in [7, 11) is -0.776. The molecule has 0 aliphatic heterocycles. The predicted molar refractivity (Wildman–Crippen MR) is 67.1 cm³/mol. The summed E-state index contributed by atoms with van der Waals surface area (Å²) in [6.45, 7) is 1.58. The Morgan fingerprint density at radius 2 is 2.00 bits per heavy atom. The Balaban J connectivity index is 3.46. The molecule has 0 aliphatic carbocycles. The largest absolute Gasteiger partial charge is 0.497 e. The second-order valence-electron chi connectivity index (χ2n) is 3.09. The highest BCUT2D eigenvalue weighted by atomic mass is 35.7. The maximum absolute atomic E-state index is 12.4. The Kier molecular flexibility index (Phi) is 4.40. The van der Waals surface area contributed by atoms with Crippen molar-refractivity contribution in [2.24, 2.45) is 3.77 Å². The molecule has 1 rings (SSSR count). The van der Waals surface area contributed by atoms with E-state index in [0.717, 1.165) is 0 Å². The predicted octanol–water partition coefficient (Wildman–Crippen LogP) is 2.03. The highest BCUT2D eigenvalue weighted by Gasteiger charge is 2.15. The van der Waals surface area contributed by atoms with E-state index < -0.39 is 19.0 Å². The van der Waals surface area contributed by atoms with Crippen molar-refractivity contribution in [1.82, 2.24) is 0 Å². The highest BCUT2D eigenvalue weighted by molar-refractivity contribution is 8.17. The molecule has 0 heterocycles. The lowest BCUT2D eigenvalue weighted by Crippen LogP contribution is -2.06. The van der Waals surface area contributed by atoms with E-state index in [0.29, 0.717) is 5.75 Å². The Labute approximate surface area is 105 Å². The first kappa shape index (κ1) is 14.3. The smallest absolute Gasteiger partial charge is 0.347 e. The van der Waals surface area contributed by atoms with Crippen LogP contribution in [0.15, 0.2) is 32.9 Å². The van der Waals surface area contributed by atoms with Gasteiger partial charge in [0, 0.05) is 16.4 Å². The standard InChI is InChI=1S/C9H12ClNO4S2/c1-3-16(12,11-17(10,13)14)9-6-4-5-8(7-9)15-2/h4-7H,3H2,1-2H3/t16-/m1/s1. The molecule has 0 saturated carbocycles. The molecule has 8 heteroatoms. The average molecular weight is 298 g/mol. The number of ether oxygens (including phenoxy) is 1. The first-order valence-corrected chi connectivity index (χ1v) is 8.60. The minimum Gasteiger partial charge on any atom is -0.497 e. The number of nitrogens with zero attached hydrogens (tertiary/aromatic N) is 1. The van der Waals surface area contributed by atoms with Crippen LogP contribution in [0.5, 0.6) is 5.75 Å². The molecule has 0 bridgehead atoms. The van der Waals surface area contributed by atoms with Crippen LogP contribution in [0.4, 0.5) is 0 Å². The van der Waals surface area contributed by atoms with Crippen molar-refractivity contribution in [3.63, 3.8) is 0 Å². The second-order valence-corrected chi connectivity index (χ2v) is 8.01. The van der Waals surface area contributed by atoms with E-state index in [-0.39, 0.29) is 10.6 Å². The molecule has 0 aliphatic rings. The zero-order chi connectivity index (χ0) is 13.1. The van der Waals surface area contributed by atoms with Crippen LogP contribution < -0.4 is 4.74 Å². The van der Waals surface area contributed by atoms with Gasteiger partial charge in [-0.2, -0.15) is 8.42 Å². The molecule has 0 fully saturated rings. The fourth-order valence-corrected chi connectivity index (χ4v) is 4.87. The van der Waals surface area contributed by atoms with Gasteiger partial charge in [-0.3, -0.25) is 0 Å². The van der Waals surface area contributed by atoms with E-state index in [1.54, 1.807) is 19.1 Å². The van der Waals surface area contributed by atoms with E-state index in [9.17, 15) is 12.6 Å². The Bertz CT molecular complexity index is 618. The molecule has 0 unspecified atom stereocenters. The molecule has 0 amide bonds. The van der Waals surface area contributed by atoms with Crippen LogP contribution in [0.2, 0.25) is 0 Å². The average Bonchev–Trinajstić information content (AvgIpc) is 2.27. The number of rotatable bonds is 4. The van der Waals surface area contributed by atoms with Crippen LogP contribution in [-0.4, -0.2) is 25.5 Å². The first-order valence-electron chi connectivity index (χ1n) is 4.65. The third-order valence-electron chi connectivity index (χ3n) is 2.01. The molecular formula is C9H12ClNO4S2. The monoisotopic (exact) mass is 297 g/mol. The van der Waals surface area contributed by atoms with Crippen molar-refractivity contribution >= 4 is 29.6 Å². The van der Waals surface area contributed by atoms with Crippen LogP contribution >= 0.6 is 10.7 Å². The maximum atomic E-state index is 12.4. The number of halogens is 1. The van der Waals surface area contributed by atoms with Gasteiger partial charge in [0.1, 0.15) is 5.75 Å². The zero-order valence-electron chi connectivity index (χ0n) is 9.29. The molecular weight excluding hydrogens is 286 g/mol. The summed E-state index contributed by atoms with van der Waals surface area (Å²) >= 11 is 0. The Morgan fingerprint density at radius 3 is 2.47 bits per heavy atom. The molecule has 17 heavy (non-hydrogen) atoms. The lowest BCUT2D eigenvalue weighted by Gasteiger charge is -2.08. The van der Waals surface area contributed by atoms with E-state index in [2.05, 4.69) is 3.77 Å². The van der Waals surface area contributed by atoms with Gasteiger partial charge in [0.2, 0.25) is 0 Å². The second kappa shape index (κ2) is 5.24. The first-order chi connectivity index (χ1) is 7.80. The fraction of sp³-hybridized carbons (Fsp3) is 0.333. The summed E-state index contributed by atoms with van der Waals surface area (Å²) in [5.74, 6) is 0.525. The molecule has 0 aromatic heterocycles. The number of benzene rings is 1. The molecule has 1 aromatic carbocycles. The van der Waals surface area contributed by atoms with Crippen LogP contribution in [0, 0.1) is 0 Å². The van der Waals surface area contributed by atoms with Gasteiger partial charge in [-0.05, 0) is 18.2 Å². The van der Waals surface area contributed by atoms with E-state index in [4.69, 9.17) is 15.4 Å². The van der Waals surface area contributed by atoms with Crippen LogP contribution in [0.1, 0.15) is 6.92 Å². The normalized spacial score (nSPS) is 15.0. The van der Waals surface area contributed by atoms with E-state index in [1.165, 1.54) is 19.2 Å². The third kappa shape index (κ3) is 3.86.